The fraction of sp³-hybridized carbons (Fsp3) is 0.287. The van der Waals surface area contributed by atoms with Gasteiger partial charge in [-0.1, -0.05) is 133 Å². The van der Waals surface area contributed by atoms with Crippen molar-refractivity contribution in [1.29, 1.82) is 0 Å². The van der Waals surface area contributed by atoms with Crippen LogP contribution in [0.4, 0.5) is 51.2 Å². The van der Waals surface area contributed by atoms with Gasteiger partial charge < -0.3 is 96.3 Å². The highest BCUT2D eigenvalue weighted by molar-refractivity contribution is 14.1. The summed E-state index contributed by atoms with van der Waals surface area (Å²) in [4.78, 5) is 97.2. The van der Waals surface area contributed by atoms with Gasteiger partial charge in [0.2, 0.25) is 5.91 Å². The Morgan fingerprint density at radius 2 is 0.737 bits per heavy atom. The van der Waals surface area contributed by atoms with Crippen LogP contribution in [-0.2, 0) is 76.2 Å². The number of nitro benzene ring substituents is 1. The zero-order chi connectivity index (χ0) is 95.3. The van der Waals surface area contributed by atoms with Crippen LogP contribution in [0, 0.1) is 13.7 Å². The van der Waals surface area contributed by atoms with Gasteiger partial charge in [0.1, 0.15) is 46.1 Å². The number of carbonyl (C=O) groups excluding carboxylic acids is 6. The lowest BCUT2D eigenvalue weighted by Crippen LogP contribution is -2.27. The van der Waals surface area contributed by atoms with E-state index >= 15 is 0 Å². The quantitative estimate of drug-likeness (QED) is 0.0135. The van der Waals surface area contributed by atoms with Gasteiger partial charge in [-0.3, -0.25) is 38.9 Å². The van der Waals surface area contributed by atoms with Crippen LogP contribution in [-0.4, -0.2) is 168 Å². The highest BCUT2D eigenvalue weighted by atomic mass is 127. The molecular weight excluding hydrogens is 1870 g/mol. The lowest BCUT2D eigenvalue weighted by atomic mass is 9.98. The van der Waals surface area contributed by atoms with Crippen molar-refractivity contribution >= 4 is 144 Å². The number of nitrogens with zero attached hydrogens (tertiary/aromatic N) is 6. The number of methoxy groups -OCH3 is 4. The number of nitrogen functional groups attached to an aromatic ring is 2. The van der Waals surface area contributed by atoms with Gasteiger partial charge in [0.25, 0.3) is 35.2 Å². The summed E-state index contributed by atoms with van der Waals surface area (Å²) < 4.78 is 33.7. The predicted molar refractivity (Wildman–Crippen MR) is 535 cm³/mol. The zero-order valence-corrected chi connectivity index (χ0v) is 80.6. The standard InChI is InChI=1S/C25H25ClN2O3.C20H24ClN3O2.C20H23N3O3.C18H18ClN3O4.C18H20IN3O2/c1-28-12-11-19-18(15-28)9-6-10-22(19)27-25(29)20-13-21(26)24(14-23(20)30-2)31-16-17-7-4-3-5-8-17;1-3-9-26-19-11-17(22)16(21)10-15(19)20(25)23-18-6-4-5-13-12-24(2)8-7-14(13)18;1-13(24)21-15-7-8-17(19(11-15)26-3)20(25)22-18-6-4-5-14-12-23(2)10-9-16(14)18;1-21-7-6-12-11(10-21)4-3-5-15(12)20-18(23)13-8-14(19)16(22(24)25)9-17(13)26-2;1-22-7-6-12-11(10-22)4-3-5-16(12)21-18(23)13-8-14(19)15(20)9-17(13)24-2/h3-10,13-14H,11-12,15-16H2,1-2H3,(H,27,29);4-6,10-11H,3,7-9,12,22H2,1-2H3,(H,23,25);4-8,11H,9-10,12H2,1-3H3,(H,21,24)(H,22,25);3-5,8-9H,6-7,10H2,1-2H3,(H,20,23);3-5,8-9H,6-7,10,20H2,1-2H3,(H,21,23). The van der Waals surface area contributed by atoms with Crippen LogP contribution in [0.5, 0.6) is 34.5 Å². The Balaban J connectivity index is 0.000000150. The third-order valence-corrected chi connectivity index (χ3v) is 25.0. The summed E-state index contributed by atoms with van der Waals surface area (Å²) in [6.07, 6.45) is 5.31. The van der Waals surface area contributed by atoms with Gasteiger partial charge in [-0.25, -0.2) is 0 Å². The second-order valence-electron chi connectivity index (χ2n) is 32.8. The topological polar surface area (TPSA) is 341 Å². The molecule has 0 bridgehead atoms. The summed E-state index contributed by atoms with van der Waals surface area (Å²) >= 11 is 20.6. The minimum absolute atomic E-state index is 0.100. The Bertz CT molecular complexity index is 6130. The molecule has 696 valence electrons. The molecule has 133 heavy (non-hydrogen) atoms. The minimum Gasteiger partial charge on any atom is -0.496 e. The normalized spacial score (nSPS) is 13.8. The van der Waals surface area contributed by atoms with Crippen LogP contribution in [0.2, 0.25) is 15.1 Å². The molecule has 10 N–H and O–H groups in total. The zero-order valence-electron chi connectivity index (χ0n) is 76.2. The van der Waals surface area contributed by atoms with Crippen molar-refractivity contribution < 1.29 is 62.1 Å². The van der Waals surface area contributed by atoms with E-state index in [1.54, 1.807) is 61.7 Å². The fourth-order valence-electron chi connectivity index (χ4n) is 16.2. The molecule has 6 amide bonds. The maximum Gasteiger partial charge on any atom is 0.291 e. The molecule has 0 saturated carbocycles. The van der Waals surface area contributed by atoms with Crippen LogP contribution in [0.3, 0.4) is 0 Å². The van der Waals surface area contributed by atoms with Crippen molar-refractivity contribution in [3.63, 3.8) is 0 Å². The van der Waals surface area contributed by atoms with Gasteiger partial charge >= 0.3 is 0 Å². The van der Waals surface area contributed by atoms with Crippen LogP contribution in [0.25, 0.3) is 0 Å². The van der Waals surface area contributed by atoms with Crippen molar-refractivity contribution in [2.24, 2.45) is 0 Å². The lowest BCUT2D eigenvalue weighted by molar-refractivity contribution is -0.384. The second-order valence-corrected chi connectivity index (χ2v) is 35.2. The number of likely N-dealkylation sites (N-methyl/N-ethyl adjacent to an activating group) is 5. The molecule has 32 heteroatoms. The van der Waals surface area contributed by atoms with Gasteiger partial charge in [-0.15, -0.1) is 0 Å². The number of anilines is 8. The van der Waals surface area contributed by atoms with Gasteiger partial charge in [-0.05, 0) is 224 Å². The number of nitrogens with one attached hydrogen (secondary N) is 6. The number of hydrogen-bond acceptors (Lipinski definition) is 21. The second kappa shape index (κ2) is 46.7. The molecule has 28 nitrogen and oxygen atoms in total. The number of carbonyl (C=O) groups is 6. The molecule has 0 fully saturated rings. The highest BCUT2D eigenvalue weighted by Gasteiger charge is 2.29. The molecule has 0 aromatic heterocycles. The molecule has 11 aromatic carbocycles. The summed E-state index contributed by atoms with van der Waals surface area (Å²) in [5.41, 5.74) is 32.1. The number of nitro groups is 1. The van der Waals surface area contributed by atoms with Gasteiger partial charge in [0, 0.05) is 140 Å². The van der Waals surface area contributed by atoms with Crippen LogP contribution < -0.4 is 71.8 Å². The van der Waals surface area contributed by atoms with E-state index in [1.807, 2.05) is 104 Å². The maximum atomic E-state index is 13.1. The molecule has 5 aliphatic rings. The highest BCUT2D eigenvalue weighted by Crippen LogP contribution is 2.40. The van der Waals surface area contributed by atoms with Crippen molar-refractivity contribution in [3.05, 3.63) is 306 Å². The van der Waals surface area contributed by atoms with Crippen molar-refractivity contribution in [2.45, 2.75) is 91.7 Å². The SMILES string of the molecule is CCCOc1cc(N)c(Cl)cc1C(=O)Nc1cccc2c1CCN(C)C2.COc1cc(N)c(I)cc1C(=O)Nc1cccc2c1CCN(C)C2.COc1cc(NC(C)=O)ccc1C(=O)Nc1cccc2c1CCN(C)C2.COc1cc(OCc2ccccc2)c(Cl)cc1C(=O)Nc1cccc2c1CCN(C)C2.COc1cc([N+](=O)[O-])c(Cl)cc1C(=O)Nc1cccc2c1CCN(C)C2. The Morgan fingerprint density at radius 1 is 0.391 bits per heavy atom. The smallest absolute Gasteiger partial charge is 0.291 e. The number of benzene rings is 11. The van der Waals surface area contributed by atoms with Crippen molar-refractivity contribution in [1.82, 2.24) is 24.5 Å². The van der Waals surface area contributed by atoms with E-state index in [9.17, 15) is 38.9 Å². The molecule has 5 heterocycles. The molecule has 11 aromatic rings. The number of amides is 6. The maximum absolute atomic E-state index is 13.1. The number of halogens is 4. The van der Waals surface area contributed by atoms with Crippen LogP contribution in [0.1, 0.15) is 133 Å². The number of rotatable bonds is 22. The largest absolute Gasteiger partial charge is 0.496 e. The molecule has 0 spiro atoms. The number of hydrogen-bond donors (Lipinski definition) is 8. The number of nitrogens with two attached hydrogens (primary N) is 2. The molecule has 0 radical (unpaired) electrons. The monoisotopic (exact) mass is 1970 g/mol. The first kappa shape index (κ1) is 99.5. The lowest BCUT2D eigenvalue weighted by Gasteiger charge is -2.27. The average molecular weight is 1980 g/mol. The summed E-state index contributed by atoms with van der Waals surface area (Å²) in [7, 11) is 16.4. The molecule has 0 saturated heterocycles. The average Bonchev–Trinajstić information content (AvgIpc) is 0.770. The first-order valence-corrected chi connectivity index (χ1v) is 45.5. The van der Waals surface area contributed by atoms with Gasteiger partial charge in [0.15, 0.2) is 0 Å². The number of ether oxygens (including phenoxy) is 6. The van der Waals surface area contributed by atoms with Gasteiger partial charge in [-0.2, -0.15) is 0 Å². The van der Waals surface area contributed by atoms with E-state index in [-0.39, 0.29) is 51.6 Å². The Kier molecular flexibility index (Phi) is 34.9. The van der Waals surface area contributed by atoms with E-state index in [0.717, 1.165) is 153 Å². The summed E-state index contributed by atoms with van der Waals surface area (Å²) in [5.74, 6) is 0.809. The van der Waals surface area contributed by atoms with E-state index < -0.39 is 10.8 Å². The molecule has 0 aliphatic carbocycles. The Morgan fingerprint density at radius 3 is 1.12 bits per heavy atom. The Hall–Kier alpha value is -12.6. The van der Waals surface area contributed by atoms with Gasteiger partial charge in [0.05, 0.1) is 89.6 Å². The molecule has 5 aliphatic heterocycles. The van der Waals surface area contributed by atoms with E-state index in [1.165, 1.54) is 84.4 Å². The van der Waals surface area contributed by atoms with Crippen LogP contribution >= 0.6 is 57.4 Å². The van der Waals surface area contributed by atoms with Crippen molar-refractivity contribution in [3.8, 4) is 34.5 Å². The molecule has 0 atom stereocenters. The first-order valence-electron chi connectivity index (χ1n) is 43.3. The van der Waals surface area contributed by atoms with E-state index in [0.29, 0.717) is 91.3 Å². The van der Waals surface area contributed by atoms with E-state index in [4.69, 9.17) is 74.7 Å². The van der Waals surface area contributed by atoms with E-state index in [2.05, 4.69) is 138 Å². The Labute approximate surface area is 803 Å². The third-order valence-electron chi connectivity index (χ3n) is 23.1. The molecular formula is C101H110Cl3IN14O14. The van der Waals surface area contributed by atoms with Crippen molar-refractivity contribution in [2.75, 3.05) is 146 Å². The predicted octanol–water partition coefficient (Wildman–Crippen LogP) is 18.6. The summed E-state index contributed by atoms with van der Waals surface area (Å²) in [6.45, 7) is 13.5. The fourth-order valence-corrected chi connectivity index (χ4v) is 17.3. The molecule has 0 unspecified atom stereocenters. The number of fused-ring (bicyclic) bond motifs is 5. The third kappa shape index (κ3) is 25.9. The first-order chi connectivity index (χ1) is 63.9. The summed E-state index contributed by atoms with van der Waals surface area (Å²) in [6, 6.07) is 57.0. The van der Waals surface area contributed by atoms with Crippen LogP contribution in [0.15, 0.2) is 188 Å². The minimum atomic E-state index is -0.614. The molecule has 16 rings (SSSR count). The summed E-state index contributed by atoms with van der Waals surface area (Å²) in [5, 5.41) is 29.3.